The number of carbonyl (C=O) groups excluding carboxylic acids is 1. The van der Waals surface area contributed by atoms with Crippen LogP contribution in [-0.4, -0.2) is 34.1 Å². The van der Waals surface area contributed by atoms with Gasteiger partial charge in [-0.1, -0.05) is 25.0 Å². The fourth-order valence-corrected chi connectivity index (χ4v) is 4.51. The highest BCUT2D eigenvalue weighted by Gasteiger charge is 2.43. The number of benzene rings is 1. The monoisotopic (exact) mass is 316 g/mol. The molecule has 126 valence electrons. The van der Waals surface area contributed by atoms with E-state index in [2.05, 4.69) is 11.0 Å². The summed E-state index contributed by atoms with van der Waals surface area (Å²) in [6.45, 7) is 3.91. The quantitative estimate of drug-likeness (QED) is 0.897. The Morgan fingerprint density at radius 1 is 1.35 bits per heavy atom. The maximum Gasteiger partial charge on any atom is 0.248 e. The van der Waals surface area contributed by atoms with Crippen LogP contribution in [0.4, 0.5) is 0 Å². The molecule has 1 saturated heterocycles. The molecule has 23 heavy (non-hydrogen) atoms. The van der Waals surface area contributed by atoms with Crippen LogP contribution >= 0.6 is 0 Å². The first-order valence-corrected chi connectivity index (χ1v) is 8.82. The minimum Gasteiger partial charge on any atom is -0.390 e. The van der Waals surface area contributed by atoms with Crippen LogP contribution in [0.1, 0.15) is 61.4 Å². The van der Waals surface area contributed by atoms with Gasteiger partial charge in [0.25, 0.3) is 0 Å². The topological polar surface area (TPSA) is 66.6 Å². The third-order valence-electron chi connectivity index (χ3n) is 5.72. The van der Waals surface area contributed by atoms with Gasteiger partial charge in [0.1, 0.15) is 0 Å². The number of amides is 1. The standard InChI is InChI=1S/C19H28N2O2/c1-19(23)10-3-2-8-16(19)17-9-5-11-21(17)13-14-6-4-7-15(12-14)18(20)22/h4,6-7,12,16-17,23H,2-3,5,8-11,13H2,1H3,(H2,20,22)/t16-,17+,19+/m1/s1. The van der Waals surface area contributed by atoms with Crippen molar-refractivity contribution in [1.29, 1.82) is 0 Å². The van der Waals surface area contributed by atoms with Gasteiger partial charge in [-0.2, -0.15) is 0 Å². The van der Waals surface area contributed by atoms with Gasteiger partial charge in [-0.15, -0.1) is 0 Å². The van der Waals surface area contributed by atoms with Gasteiger partial charge >= 0.3 is 0 Å². The van der Waals surface area contributed by atoms with E-state index >= 15 is 0 Å². The average molecular weight is 316 g/mol. The van der Waals surface area contributed by atoms with Crippen LogP contribution in [0, 0.1) is 5.92 Å². The Labute approximate surface area is 138 Å². The zero-order chi connectivity index (χ0) is 16.4. The van der Waals surface area contributed by atoms with Gasteiger partial charge in [-0.3, -0.25) is 9.69 Å². The summed E-state index contributed by atoms with van der Waals surface area (Å²) in [5, 5.41) is 10.8. The predicted molar refractivity (Wildman–Crippen MR) is 91.0 cm³/mol. The molecule has 0 spiro atoms. The van der Waals surface area contributed by atoms with E-state index in [9.17, 15) is 9.90 Å². The van der Waals surface area contributed by atoms with Gasteiger partial charge in [0.15, 0.2) is 0 Å². The fraction of sp³-hybridized carbons (Fsp3) is 0.632. The molecule has 1 aromatic carbocycles. The van der Waals surface area contributed by atoms with Crippen molar-refractivity contribution in [2.45, 2.75) is 63.6 Å². The number of likely N-dealkylation sites (tertiary alicyclic amines) is 1. The molecule has 2 aliphatic rings. The van der Waals surface area contributed by atoms with E-state index in [0.29, 0.717) is 17.5 Å². The van der Waals surface area contributed by atoms with Gasteiger partial charge in [0, 0.05) is 24.1 Å². The van der Waals surface area contributed by atoms with Crippen LogP contribution in [0.3, 0.4) is 0 Å². The number of rotatable bonds is 4. The van der Waals surface area contributed by atoms with Crippen molar-refractivity contribution in [3.8, 4) is 0 Å². The zero-order valence-corrected chi connectivity index (χ0v) is 14.0. The average Bonchev–Trinajstić information content (AvgIpc) is 2.95. The summed E-state index contributed by atoms with van der Waals surface area (Å²) in [6, 6.07) is 8.07. The zero-order valence-electron chi connectivity index (χ0n) is 14.0. The molecule has 0 bridgehead atoms. The second-order valence-electron chi connectivity index (χ2n) is 7.45. The second-order valence-corrected chi connectivity index (χ2v) is 7.45. The summed E-state index contributed by atoms with van der Waals surface area (Å²) in [6.07, 6.45) is 6.75. The summed E-state index contributed by atoms with van der Waals surface area (Å²) in [4.78, 5) is 13.9. The Hall–Kier alpha value is -1.39. The molecule has 1 aliphatic carbocycles. The molecule has 1 aliphatic heterocycles. The lowest BCUT2D eigenvalue weighted by molar-refractivity contribution is -0.0628. The van der Waals surface area contributed by atoms with E-state index in [4.69, 9.17) is 5.73 Å². The van der Waals surface area contributed by atoms with Crippen molar-refractivity contribution in [3.63, 3.8) is 0 Å². The largest absolute Gasteiger partial charge is 0.390 e. The molecule has 1 saturated carbocycles. The normalized spacial score (nSPS) is 32.1. The van der Waals surface area contributed by atoms with Gasteiger partial charge in [0.05, 0.1) is 5.60 Å². The lowest BCUT2D eigenvalue weighted by atomic mass is 9.72. The summed E-state index contributed by atoms with van der Waals surface area (Å²) in [7, 11) is 0. The first-order chi connectivity index (χ1) is 11.0. The highest BCUT2D eigenvalue weighted by molar-refractivity contribution is 5.92. The Bertz CT molecular complexity index is 570. The highest BCUT2D eigenvalue weighted by atomic mass is 16.3. The first-order valence-electron chi connectivity index (χ1n) is 8.82. The number of nitrogens with zero attached hydrogens (tertiary/aromatic N) is 1. The van der Waals surface area contributed by atoms with Crippen molar-refractivity contribution in [3.05, 3.63) is 35.4 Å². The smallest absolute Gasteiger partial charge is 0.248 e. The third-order valence-corrected chi connectivity index (χ3v) is 5.72. The number of aliphatic hydroxyl groups is 1. The fourth-order valence-electron chi connectivity index (χ4n) is 4.51. The van der Waals surface area contributed by atoms with E-state index in [1.54, 1.807) is 6.07 Å². The summed E-state index contributed by atoms with van der Waals surface area (Å²) < 4.78 is 0. The van der Waals surface area contributed by atoms with Crippen molar-refractivity contribution in [2.75, 3.05) is 6.54 Å². The van der Waals surface area contributed by atoms with E-state index in [-0.39, 0.29) is 5.91 Å². The number of hydrogen-bond donors (Lipinski definition) is 2. The van der Waals surface area contributed by atoms with Crippen LogP contribution < -0.4 is 5.73 Å². The van der Waals surface area contributed by atoms with Crippen LogP contribution in [0.25, 0.3) is 0 Å². The molecule has 3 atom stereocenters. The maximum atomic E-state index is 11.4. The molecule has 0 aromatic heterocycles. The van der Waals surface area contributed by atoms with Crippen molar-refractivity contribution in [2.24, 2.45) is 11.7 Å². The van der Waals surface area contributed by atoms with Crippen LogP contribution in [0.5, 0.6) is 0 Å². The maximum absolute atomic E-state index is 11.4. The third kappa shape index (κ3) is 3.59. The Balaban J connectivity index is 1.74. The van der Waals surface area contributed by atoms with Crippen molar-refractivity contribution >= 4 is 5.91 Å². The Kier molecular flexibility index (Phi) is 4.74. The molecular formula is C19H28N2O2. The van der Waals surface area contributed by atoms with E-state index in [1.807, 2.05) is 19.1 Å². The minimum atomic E-state index is -0.541. The second kappa shape index (κ2) is 6.62. The first kappa shape index (κ1) is 16.5. The number of carbonyl (C=O) groups is 1. The van der Waals surface area contributed by atoms with E-state index in [0.717, 1.165) is 44.3 Å². The minimum absolute atomic E-state index is 0.359. The molecule has 4 heteroatoms. The molecule has 0 radical (unpaired) electrons. The predicted octanol–water partition coefficient (Wildman–Crippen LogP) is 2.69. The highest BCUT2D eigenvalue weighted by Crippen LogP contribution is 2.41. The summed E-state index contributed by atoms with van der Waals surface area (Å²) in [5.74, 6) is -0.0156. The van der Waals surface area contributed by atoms with Crippen molar-refractivity contribution in [1.82, 2.24) is 4.90 Å². The molecule has 1 aromatic rings. The summed E-state index contributed by atoms with van der Waals surface area (Å²) >= 11 is 0. The molecule has 1 heterocycles. The van der Waals surface area contributed by atoms with Crippen molar-refractivity contribution < 1.29 is 9.90 Å². The SMILES string of the molecule is C[C@]1(O)CCCC[C@@H]1[C@@H]1CCCN1Cc1cccc(C(N)=O)c1. The summed E-state index contributed by atoms with van der Waals surface area (Å²) in [5.41, 5.74) is 6.54. The molecule has 4 nitrogen and oxygen atoms in total. The lowest BCUT2D eigenvalue weighted by Crippen LogP contribution is -2.48. The molecule has 0 unspecified atom stereocenters. The number of primary amides is 1. The van der Waals surface area contributed by atoms with Crippen LogP contribution in [0.15, 0.2) is 24.3 Å². The number of hydrogen-bond acceptors (Lipinski definition) is 3. The molecular weight excluding hydrogens is 288 g/mol. The van der Waals surface area contributed by atoms with Crippen LogP contribution in [0.2, 0.25) is 0 Å². The van der Waals surface area contributed by atoms with Gasteiger partial charge in [-0.05, 0) is 56.8 Å². The Morgan fingerprint density at radius 2 is 2.17 bits per heavy atom. The van der Waals surface area contributed by atoms with E-state index < -0.39 is 5.60 Å². The van der Waals surface area contributed by atoms with Gasteiger partial charge in [-0.25, -0.2) is 0 Å². The van der Waals surface area contributed by atoms with Crippen LogP contribution in [-0.2, 0) is 6.54 Å². The number of nitrogens with two attached hydrogens (primary N) is 1. The van der Waals surface area contributed by atoms with Gasteiger partial charge < -0.3 is 10.8 Å². The molecule has 3 rings (SSSR count). The van der Waals surface area contributed by atoms with E-state index in [1.165, 1.54) is 12.8 Å². The molecule has 3 N–H and O–H groups in total. The Morgan fingerprint density at radius 3 is 2.91 bits per heavy atom. The lowest BCUT2D eigenvalue weighted by Gasteiger charge is -2.43. The van der Waals surface area contributed by atoms with Gasteiger partial charge in [0.2, 0.25) is 5.91 Å². The molecule has 2 fully saturated rings. The molecule has 1 amide bonds.